The van der Waals surface area contributed by atoms with E-state index in [1.54, 1.807) is 0 Å². The van der Waals surface area contributed by atoms with E-state index in [-0.39, 0.29) is 0 Å². The Labute approximate surface area is 102 Å². The van der Waals surface area contributed by atoms with Crippen molar-refractivity contribution in [2.75, 3.05) is 19.6 Å². The van der Waals surface area contributed by atoms with Crippen LogP contribution in [0.25, 0.3) is 0 Å². The second-order valence-corrected chi connectivity index (χ2v) is 5.90. The third-order valence-corrected chi connectivity index (χ3v) is 3.96. The van der Waals surface area contributed by atoms with E-state index in [4.69, 9.17) is 5.73 Å². The fourth-order valence-electron chi connectivity index (χ4n) is 2.64. The lowest BCUT2D eigenvalue weighted by atomic mass is 9.87. The summed E-state index contributed by atoms with van der Waals surface area (Å²) >= 11 is 0. The van der Waals surface area contributed by atoms with Gasteiger partial charge in [0.1, 0.15) is 0 Å². The van der Waals surface area contributed by atoms with Gasteiger partial charge in [-0.1, -0.05) is 20.3 Å². The van der Waals surface area contributed by atoms with Crippen molar-refractivity contribution in [1.29, 1.82) is 0 Å². The Morgan fingerprint density at radius 1 is 1.12 bits per heavy atom. The molecule has 2 N–H and O–H groups in total. The van der Waals surface area contributed by atoms with Crippen LogP contribution in [0.1, 0.15) is 52.9 Å². The lowest BCUT2D eigenvalue weighted by molar-refractivity contribution is 0.155. The van der Waals surface area contributed by atoms with Crippen molar-refractivity contribution in [1.82, 2.24) is 4.90 Å². The van der Waals surface area contributed by atoms with Gasteiger partial charge in [0, 0.05) is 6.04 Å². The molecule has 2 heteroatoms. The van der Waals surface area contributed by atoms with Crippen molar-refractivity contribution in [3.63, 3.8) is 0 Å². The van der Waals surface area contributed by atoms with E-state index < -0.39 is 0 Å². The largest absolute Gasteiger partial charge is 0.328 e. The lowest BCUT2D eigenvalue weighted by Gasteiger charge is -2.33. The maximum atomic E-state index is 5.75. The highest BCUT2D eigenvalue weighted by molar-refractivity contribution is 4.74. The number of rotatable bonds is 6. The Balaban J connectivity index is 2.04. The number of hydrogen-bond donors (Lipinski definition) is 1. The smallest absolute Gasteiger partial charge is 0.00104 e. The molecule has 0 amide bonds. The second-order valence-electron chi connectivity index (χ2n) is 5.90. The summed E-state index contributed by atoms with van der Waals surface area (Å²) in [6.45, 7) is 10.8. The molecule has 16 heavy (non-hydrogen) atoms. The Bertz CT molecular complexity index is 170. The fraction of sp³-hybridized carbons (Fsp3) is 1.00. The van der Waals surface area contributed by atoms with Crippen LogP contribution in [0, 0.1) is 11.8 Å². The van der Waals surface area contributed by atoms with E-state index in [1.807, 2.05) is 0 Å². The Kier molecular flexibility index (Phi) is 6.37. The maximum Gasteiger partial charge on any atom is 0.00104 e. The first-order valence-electron chi connectivity index (χ1n) is 7.07. The standard InChI is InChI=1S/C14H30N2/c1-12(2)14-7-10-16(11-8-14)9-5-4-6-13(3)15/h12-14H,4-11,15H2,1-3H3. The van der Waals surface area contributed by atoms with Crippen LogP contribution >= 0.6 is 0 Å². The molecule has 0 saturated carbocycles. The highest BCUT2D eigenvalue weighted by atomic mass is 15.1. The van der Waals surface area contributed by atoms with Crippen LogP contribution in [0.2, 0.25) is 0 Å². The van der Waals surface area contributed by atoms with E-state index in [0.717, 1.165) is 11.8 Å². The molecular formula is C14H30N2. The molecule has 1 heterocycles. The molecule has 0 aliphatic carbocycles. The molecule has 0 spiro atoms. The molecule has 1 fully saturated rings. The molecule has 0 bridgehead atoms. The second kappa shape index (κ2) is 7.29. The van der Waals surface area contributed by atoms with E-state index in [1.165, 1.54) is 51.7 Å². The molecule has 1 saturated heterocycles. The van der Waals surface area contributed by atoms with E-state index in [9.17, 15) is 0 Å². The summed E-state index contributed by atoms with van der Waals surface area (Å²) in [5, 5.41) is 0. The zero-order valence-electron chi connectivity index (χ0n) is 11.4. The molecule has 0 aromatic carbocycles. The average molecular weight is 226 g/mol. The number of nitrogens with zero attached hydrogens (tertiary/aromatic N) is 1. The summed E-state index contributed by atoms with van der Waals surface area (Å²) in [5.74, 6) is 1.85. The Morgan fingerprint density at radius 2 is 1.75 bits per heavy atom. The molecule has 0 aromatic rings. The predicted octanol–water partition coefficient (Wildman–Crippen LogP) is 2.87. The number of nitrogens with two attached hydrogens (primary N) is 1. The minimum Gasteiger partial charge on any atom is -0.328 e. The quantitative estimate of drug-likeness (QED) is 0.706. The zero-order valence-corrected chi connectivity index (χ0v) is 11.4. The summed E-state index contributed by atoms with van der Waals surface area (Å²) in [5.41, 5.74) is 5.75. The van der Waals surface area contributed by atoms with Crippen molar-refractivity contribution in [2.24, 2.45) is 17.6 Å². The van der Waals surface area contributed by atoms with Crippen molar-refractivity contribution in [3.05, 3.63) is 0 Å². The summed E-state index contributed by atoms with van der Waals surface area (Å²) in [6, 6.07) is 0.381. The van der Waals surface area contributed by atoms with Gasteiger partial charge >= 0.3 is 0 Å². The first-order chi connectivity index (χ1) is 7.59. The van der Waals surface area contributed by atoms with Gasteiger partial charge in [-0.15, -0.1) is 0 Å². The van der Waals surface area contributed by atoms with Crippen LogP contribution in [-0.2, 0) is 0 Å². The van der Waals surface area contributed by atoms with Crippen LogP contribution in [0.15, 0.2) is 0 Å². The Morgan fingerprint density at radius 3 is 2.25 bits per heavy atom. The molecule has 0 aromatic heterocycles. The molecule has 1 atom stereocenters. The van der Waals surface area contributed by atoms with Crippen LogP contribution in [-0.4, -0.2) is 30.6 Å². The highest BCUT2D eigenvalue weighted by Gasteiger charge is 2.20. The van der Waals surface area contributed by atoms with Gasteiger partial charge in [-0.2, -0.15) is 0 Å². The highest BCUT2D eigenvalue weighted by Crippen LogP contribution is 2.24. The van der Waals surface area contributed by atoms with Crippen molar-refractivity contribution in [2.45, 2.75) is 58.9 Å². The van der Waals surface area contributed by atoms with E-state index >= 15 is 0 Å². The predicted molar refractivity (Wildman–Crippen MR) is 71.5 cm³/mol. The first-order valence-corrected chi connectivity index (χ1v) is 7.07. The van der Waals surface area contributed by atoms with Crippen molar-refractivity contribution < 1.29 is 0 Å². The van der Waals surface area contributed by atoms with Gasteiger partial charge in [-0.25, -0.2) is 0 Å². The summed E-state index contributed by atoms with van der Waals surface area (Å²) in [7, 11) is 0. The fourth-order valence-corrected chi connectivity index (χ4v) is 2.64. The normalized spacial score (nSPS) is 21.6. The molecule has 2 nitrogen and oxygen atoms in total. The van der Waals surface area contributed by atoms with Crippen LogP contribution < -0.4 is 5.73 Å². The van der Waals surface area contributed by atoms with Gasteiger partial charge in [-0.05, 0) is 64.1 Å². The SMILES string of the molecule is CC(N)CCCCN1CCC(C(C)C)CC1. The van der Waals surface area contributed by atoms with Crippen LogP contribution in [0.5, 0.6) is 0 Å². The topological polar surface area (TPSA) is 29.3 Å². The molecular weight excluding hydrogens is 196 g/mol. The van der Waals surface area contributed by atoms with Crippen LogP contribution in [0.4, 0.5) is 0 Å². The average Bonchev–Trinajstić information content (AvgIpc) is 2.25. The van der Waals surface area contributed by atoms with E-state index in [0.29, 0.717) is 6.04 Å². The maximum absolute atomic E-state index is 5.75. The number of unbranched alkanes of at least 4 members (excludes halogenated alkanes) is 1. The first kappa shape index (κ1) is 14.0. The van der Waals surface area contributed by atoms with Crippen molar-refractivity contribution >= 4 is 0 Å². The van der Waals surface area contributed by atoms with Crippen molar-refractivity contribution in [3.8, 4) is 0 Å². The van der Waals surface area contributed by atoms with Gasteiger partial charge < -0.3 is 10.6 Å². The molecule has 0 radical (unpaired) electrons. The minimum absolute atomic E-state index is 0.381. The van der Waals surface area contributed by atoms with Gasteiger partial charge in [0.05, 0.1) is 0 Å². The third-order valence-electron chi connectivity index (χ3n) is 3.96. The zero-order chi connectivity index (χ0) is 12.0. The minimum atomic E-state index is 0.381. The number of hydrogen-bond acceptors (Lipinski definition) is 2. The van der Waals surface area contributed by atoms with Gasteiger partial charge in [0.25, 0.3) is 0 Å². The summed E-state index contributed by atoms with van der Waals surface area (Å²) in [6.07, 6.45) is 6.62. The molecule has 1 aliphatic heterocycles. The van der Waals surface area contributed by atoms with Crippen LogP contribution in [0.3, 0.4) is 0 Å². The van der Waals surface area contributed by atoms with Gasteiger partial charge in [0.2, 0.25) is 0 Å². The monoisotopic (exact) mass is 226 g/mol. The molecule has 1 unspecified atom stereocenters. The Hall–Kier alpha value is -0.0800. The molecule has 1 rings (SSSR count). The molecule has 1 aliphatic rings. The summed E-state index contributed by atoms with van der Waals surface area (Å²) < 4.78 is 0. The number of likely N-dealkylation sites (tertiary alicyclic amines) is 1. The van der Waals surface area contributed by atoms with Gasteiger partial charge in [0.15, 0.2) is 0 Å². The number of piperidine rings is 1. The molecule has 96 valence electrons. The van der Waals surface area contributed by atoms with E-state index in [2.05, 4.69) is 25.7 Å². The van der Waals surface area contributed by atoms with Gasteiger partial charge in [-0.3, -0.25) is 0 Å². The summed E-state index contributed by atoms with van der Waals surface area (Å²) in [4.78, 5) is 2.64. The third kappa shape index (κ3) is 5.31. The lowest BCUT2D eigenvalue weighted by Crippen LogP contribution is -2.35.